The van der Waals surface area contributed by atoms with Gasteiger partial charge in [0.2, 0.25) is 10.0 Å². The Hall–Kier alpha value is -2.35. The molecule has 1 aliphatic heterocycles. The minimum absolute atomic E-state index is 0.0916. The third-order valence-electron chi connectivity index (χ3n) is 3.94. The van der Waals surface area contributed by atoms with Gasteiger partial charge in [0.25, 0.3) is 0 Å². The summed E-state index contributed by atoms with van der Waals surface area (Å²) in [6, 6.07) is 8.08. The minimum Gasteiger partial charge on any atom is -0.370 e. The van der Waals surface area contributed by atoms with Gasteiger partial charge in [-0.1, -0.05) is 12.2 Å². The van der Waals surface area contributed by atoms with Gasteiger partial charge in [-0.15, -0.1) is 0 Å². The van der Waals surface area contributed by atoms with E-state index < -0.39 is 16.1 Å². The number of nitriles is 2. The molecule has 0 aliphatic carbocycles. The summed E-state index contributed by atoms with van der Waals surface area (Å²) in [6.07, 6.45) is 1.69. The molecule has 126 valence electrons. The average Bonchev–Trinajstić information content (AvgIpc) is 2.54. The van der Waals surface area contributed by atoms with Crippen LogP contribution in [0.15, 0.2) is 35.2 Å². The van der Waals surface area contributed by atoms with Crippen LogP contribution < -0.4 is 9.62 Å². The Kier molecular flexibility index (Phi) is 5.61. The molecule has 1 N–H and O–H groups in total. The highest BCUT2D eigenvalue weighted by Gasteiger charge is 2.25. The number of benzene rings is 1. The standard InChI is InChI=1S/C17H20N4O2S/c1-13-6-9-21(10-7-13)16-11-15(12-19)3-4-17(16)24(22,23)20-14(2)5-8-18/h3-4,11,14,20H,1,5-7,9-10H2,2H3. The smallest absolute Gasteiger partial charge is 0.242 e. The van der Waals surface area contributed by atoms with E-state index in [0.29, 0.717) is 24.3 Å². The van der Waals surface area contributed by atoms with Gasteiger partial charge in [-0.05, 0) is 38.0 Å². The van der Waals surface area contributed by atoms with Crippen LogP contribution in [0.25, 0.3) is 0 Å². The lowest BCUT2D eigenvalue weighted by Crippen LogP contribution is -2.36. The maximum absolute atomic E-state index is 12.7. The molecule has 1 aliphatic rings. The van der Waals surface area contributed by atoms with E-state index in [2.05, 4.69) is 17.4 Å². The molecule has 7 heteroatoms. The van der Waals surface area contributed by atoms with Crippen LogP contribution in [0.4, 0.5) is 5.69 Å². The van der Waals surface area contributed by atoms with Crippen LogP contribution in [-0.4, -0.2) is 27.5 Å². The maximum Gasteiger partial charge on any atom is 0.242 e. The lowest BCUT2D eigenvalue weighted by molar-refractivity contribution is 0.562. The first kappa shape index (κ1) is 18.0. The molecule has 1 unspecified atom stereocenters. The van der Waals surface area contributed by atoms with Crippen molar-refractivity contribution in [2.75, 3.05) is 18.0 Å². The molecule has 1 aromatic carbocycles. The van der Waals surface area contributed by atoms with Crippen LogP contribution in [-0.2, 0) is 10.0 Å². The lowest BCUT2D eigenvalue weighted by atomic mass is 10.0. The van der Waals surface area contributed by atoms with Crippen LogP contribution in [0.1, 0.15) is 31.7 Å². The Morgan fingerprint density at radius 2 is 2.00 bits per heavy atom. The van der Waals surface area contributed by atoms with Crippen molar-refractivity contribution in [2.45, 2.75) is 37.1 Å². The van der Waals surface area contributed by atoms with Crippen molar-refractivity contribution in [2.24, 2.45) is 0 Å². The zero-order valence-corrected chi connectivity index (χ0v) is 14.4. The van der Waals surface area contributed by atoms with E-state index in [4.69, 9.17) is 10.5 Å². The zero-order chi connectivity index (χ0) is 17.7. The normalized spacial score (nSPS) is 16.3. The minimum atomic E-state index is -3.77. The van der Waals surface area contributed by atoms with Crippen LogP contribution in [0, 0.1) is 22.7 Å². The second-order valence-corrected chi connectivity index (χ2v) is 7.60. The molecule has 0 spiro atoms. The summed E-state index contributed by atoms with van der Waals surface area (Å²) in [4.78, 5) is 2.11. The van der Waals surface area contributed by atoms with Crippen molar-refractivity contribution in [1.82, 2.24) is 4.72 Å². The van der Waals surface area contributed by atoms with Crippen LogP contribution in [0.5, 0.6) is 0 Å². The van der Waals surface area contributed by atoms with Gasteiger partial charge < -0.3 is 4.90 Å². The summed E-state index contributed by atoms with van der Waals surface area (Å²) in [7, 11) is -3.77. The molecule has 24 heavy (non-hydrogen) atoms. The van der Waals surface area contributed by atoms with Gasteiger partial charge in [0.15, 0.2) is 0 Å². The van der Waals surface area contributed by atoms with Crippen molar-refractivity contribution >= 4 is 15.7 Å². The van der Waals surface area contributed by atoms with Gasteiger partial charge >= 0.3 is 0 Å². The van der Waals surface area contributed by atoms with Gasteiger partial charge in [-0.3, -0.25) is 0 Å². The zero-order valence-electron chi connectivity index (χ0n) is 13.6. The molecule has 1 aromatic rings. The molecule has 0 amide bonds. The molecule has 2 rings (SSSR count). The molecule has 0 radical (unpaired) electrons. The van der Waals surface area contributed by atoms with E-state index >= 15 is 0 Å². The fraction of sp³-hybridized carbons (Fsp3) is 0.412. The first-order valence-corrected chi connectivity index (χ1v) is 9.20. The molecule has 0 aromatic heterocycles. The predicted octanol–water partition coefficient (Wildman–Crippen LogP) is 2.30. The predicted molar refractivity (Wildman–Crippen MR) is 91.8 cm³/mol. The van der Waals surface area contributed by atoms with Crippen LogP contribution >= 0.6 is 0 Å². The van der Waals surface area contributed by atoms with Gasteiger partial charge in [-0.2, -0.15) is 10.5 Å². The van der Waals surface area contributed by atoms with Gasteiger partial charge in [0.1, 0.15) is 4.90 Å². The van der Waals surface area contributed by atoms with E-state index in [1.165, 1.54) is 12.1 Å². The summed E-state index contributed by atoms with van der Waals surface area (Å²) in [6.45, 7) is 6.96. The SMILES string of the molecule is C=C1CCN(c2cc(C#N)ccc2S(=O)(=O)NC(C)CC#N)CC1. The Morgan fingerprint density at radius 1 is 1.33 bits per heavy atom. The first-order valence-electron chi connectivity index (χ1n) is 7.72. The summed E-state index contributed by atoms with van der Waals surface area (Å²) < 4.78 is 27.9. The molecule has 0 saturated carbocycles. The molecule has 1 atom stereocenters. The number of anilines is 1. The van der Waals surface area contributed by atoms with Crippen molar-refractivity contribution < 1.29 is 8.42 Å². The quantitative estimate of drug-likeness (QED) is 0.827. The maximum atomic E-state index is 12.7. The number of rotatable bonds is 5. The molecular formula is C17H20N4O2S. The third-order valence-corrected chi connectivity index (χ3v) is 5.58. The highest BCUT2D eigenvalue weighted by molar-refractivity contribution is 7.89. The van der Waals surface area contributed by atoms with Crippen LogP contribution in [0.3, 0.4) is 0 Å². The van der Waals surface area contributed by atoms with E-state index in [1.807, 2.05) is 11.0 Å². The fourth-order valence-electron chi connectivity index (χ4n) is 2.63. The number of piperidine rings is 1. The molecule has 6 nitrogen and oxygen atoms in total. The Balaban J connectivity index is 2.41. The van der Waals surface area contributed by atoms with Gasteiger partial charge in [0.05, 0.1) is 29.8 Å². The third kappa shape index (κ3) is 4.14. The topological polar surface area (TPSA) is 97.0 Å². The number of sulfonamides is 1. The summed E-state index contributed by atoms with van der Waals surface area (Å²) in [5.74, 6) is 0. The van der Waals surface area contributed by atoms with Gasteiger partial charge in [-0.25, -0.2) is 13.1 Å². The average molecular weight is 344 g/mol. The Bertz CT molecular complexity index is 808. The second-order valence-electron chi connectivity index (χ2n) is 5.92. The molecule has 1 heterocycles. The van der Waals surface area contributed by atoms with E-state index in [1.54, 1.807) is 13.0 Å². The lowest BCUT2D eigenvalue weighted by Gasteiger charge is -2.31. The van der Waals surface area contributed by atoms with Crippen LogP contribution in [0.2, 0.25) is 0 Å². The second kappa shape index (κ2) is 7.48. The summed E-state index contributed by atoms with van der Waals surface area (Å²) in [5.41, 5.74) is 2.09. The van der Waals surface area contributed by atoms with Crippen molar-refractivity contribution in [3.63, 3.8) is 0 Å². The number of hydrogen-bond acceptors (Lipinski definition) is 5. The molecule has 1 saturated heterocycles. The molecule has 0 bridgehead atoms. The summed E-state index contributed by atoms with van der Waals surface area (Å²) in [5, 5.41) is 17.8. The monoisotopic (exact) mass is 344 g/mol. The molecule has 1 fully saturated rings. The van der Waals surface area contributed by atoms with E-state index in [9.17, 15) is 8.42 Å². The van der Waals surface area contributed by atoms with Crippen molar-refractivity contribution in [3.8, 4) is 12.1 Å². The van der Waals surface area contributed by atoms with Crippen molar-refractivity contribution in [3.05, 3.63) is 35.9 Å². The first-order chi connectivity index (χ1) is 11.4. The molecular weight excluding hydrogens is 324 g/mol. The fourth-order valence-corrected chi connectivity index (χ4v) is 4.08. The largest absolute Gasteiger partial charge is 0.370 e. The number of nitrogens with zero attached hydrogens (tertiary/aromatic N) is 3. The Labute approximate surface area is 143 Å². The van der Waals surface area contributed by atoms with Gasteiger partial charge in [0, 0.05) is 19.1 Å². The highest BCUT2D eigenvalue weighted by atomic mass is 32.2. The highest BCUT2D eigenvalue weighted by Crippen LogP contribution is 2.30. The van der Waals surface area contributed by atoms with E-state index in [-0.39, 0.29) is 11.3 Å². The van der Waals surface area contributed by atoms with E-state index in [0.717, 1.165) is 18.4 Å². The van der Waals surface area contributed by atoms with Crippen molar-refractivity contribution in [1.29, 1.82) is 10.5 Å². The summed E-state index contributed by atoms with van der Waals surface area (Å²) >= 11 is 0. The number of hydrogen-bond donors (Lipinski definition) is 1. The number of nitrogens with one attached hydrogen (secondary N) is 1. The Morgan fingerprint density at radius 3 is 2.58 bits per heavy atom.